The third-order valence-corrected chi connectivity index (χ3v) is 6.54. The van der Waals surface area contributed by atoms with Crippen molar-refractivity contribution in [1.82, 2.24) is 0 Å². The summed E-state index contributed by atoms with van der Waals surface area (Å²) in [5.74, 6) is -2.86. The number of hydrogen-bond acceptors (Lipinski definition) is 8. The average molecular weight is 557 g/mol. The normalized spacial score (nSPS) is 14.7. The lowest BCUT2D eigenvalue weighted by molar-refractivity contribution is -0.384. The summed E-state index contributed by atoms with van der Waals surface area (Å²) < 4.78 is 10.4. The summed E-state index contributed by atoms with van der Waals surface area (Å²) >= 11 is 12.2. The summed E-state index contributed by atoms with van der Waals surface area (Å²) in [6, 6.07) is 15.3. The van der Waals surface area contributed by atoms with Gasteiger partial charge in [-0.25, -0.2) is 4.79 Å². The van der Waals surface area contributed by atoms with Crippen LogP contribution in [-0.2, 0) is 14.3 Å². The van der Waals surface area contributed by atoms with Crippen LogP contribution in [0.15, 0.2) is 66.7 Å². The van der Waals surface area contributed by atoms with E-state index < -0.39 is 35.2 Å². The Morgan fingerprint density at radius 2 is 1.63 bits per heavy atom. The van der Waals surface area contributed by atoms with Gasteiger partial charge in [-0.3, -0.25) is 24.5 Å². The molecule has 194 valence electrons. The Labute approximate surface area is 225 Å². The van der Waals surface area contributed by atoms with Gasteiger partial charge in [-0.05, 0) is 48.5 Å². The zero-order valence-electron chi connectivity index (χ0n) is 19.5. The summed E-state index contributed by atoms with van der Waals surface area (Å²) in [7, 11) is 0. The molecule has 1 atom stereocenters. The number of ether oxygens (including phenoxy) is 2. The van der Waals surface area contributed by atoms with Crippen LogP contribution in [0, 0.1) is 16.0 Å². The Hall–Kier alpha value is -4.28. The van der Waals surface area contributed by atoms with Gasteiger partial charge in [-0.2, -0.15) is 0 Å². The summed E-state index contributed by atoms with van der Waals surface area (Å²) in [6.07, 6.45) is -0.0926. The number of hydrogen-bond donors (Lipinski definition) is 0. The molecule has 0 bridgehead atoms. The van der Waals surface area contributed by atoms with Crippen LogP contribution in [0.5, 0.6) is 5.75 Å². The molecule has 0 aliphatic carbocycles. The standard InChI is InChI=1S/C26H18Cl2N2O8/c27-20-2-1-3-21(24(20)28)29-13-17(12-23(29)32)25(33)37-14-22(31)15-6-10-19(11-7-15)38-26(34)16-4-8-18(9-5-16)30(35)36/h1-11,17H,12-14H2/t17-/m1/s1. The van der Waals surface area contributed by atoms with Crippen LogP contribution in [-0.4, -0.2) is 41.7 Å². The number of carbonyl (C=O) groups is 4. The predicted molar refractivity (Wildman–Crippen MR) is 137 cm³/mol. The van der Waals surface area contributed by atoms with Crippen LogP contribution in [0.1, 0.15) is 27.1 Å². The van der Waals surface area contributed by atoms with E-state index in [1.165, 1.54) is 53.4 Å². The molecule has 0 unspecified atom stereocenters. The molecule has 0 saturated carbocycles. The van der Waals surface area contributed by atoms with Gasteiger partial charge >= 0.3 is 11.9 Å². The molecule has 1 heterocycles. The highest BCUT2D eigenvalue weighted by Crippen LogP contribution is 2.36. The maximum absolute atomic E-state index is 12.5. The Kier molecular flexibility index (Phi) is 8.04. The molecular weight excluding hydrogens is 539 g/mol. The Balaban J connectivity index is 1.30. The van der Waals surface area contributed by atoms with E-state index in [0.717, 1.165) is 0 Å². The van der Waals surface area contributed by atoms with E-state index in [1.54, 1.807) is 18.2 Å². The highest BCUT2D eigenvalue weighted by atomic mass is 35.5. The van der Waals surface area contributed by atoms with Gasteiger partial charge in [-0.15, -0.1) is 0 Å². The van der Waals surface area contributed by atoms with E-state index in [-0.39, 0.29) is 51.5 Å². The monoisotopic (exact) mass is 556 g/mol. The zero-order valence-corrected chi connectivity index (χ0v) is 21.0. The number of halogens is 2. The molecule has 1 fully saturated rings. The van der Waals surface area contributed by atoms with Crippen molar-refractivity contribution in [2.75, 3.05) is 18.1 Å². The van der Waals surface area contributed by atoms with Crippen molar-refractivity contribution < 1.29 is 33.6 Å². The molecule has 0 spiro atoms. The second kappa shape index (κ2) is 11.4. The van der Waals surface area contributed by atoms with Crippen molar-refractivity contribution in [3.05, 3.63) is 98.0 Å². The van der Waals surface area contributed by atoms with Gasteiger partial charge in [0, 0.05) is 30.7 Å². The van der Waals surface area contributed by atoms with E-state index in [1.807, 2.05) is 0 Å². The molecule has 10 nitrogen and oxygen atoms in total. The van der Waals surface area contributed by atoms with Crippen molar-refractivity contribution in [3.8, 4) is 5.75 Å². The van der Waals surface area contributed by atoms with Crippen molar-refractivity contribution in [1.29, 1.82) is 0 Å². The van der Waals surface area contributed by atoms with Gasteiger partial charge in [0.15, 0.2) is 12.4 Å². The number of ketones is 1. The summed E-state index contributed by atoms with van der Waals surface area (Å²) in [5, 5.41) is 11.2. The maximum atomic E-state index is 12.5. The Morgan fingerprint density at radius 3 is 2.29 bits per heavy atom. The number of nitrogens with zero attached hydrogens (tertiary/aromatic N) is 2. The third kappa shape index (κ3) is 5.99. The number of nitro groups is 1. The maximum Gasteiger partial charge on any atom is 0.343 e. The first kappa shape index (κ1) is 26.8. The fourth-order valence-corrected chi connectivity index (χ4v) is 4.13. The molecule has 1 aliphatic rings. The van der Waals surface area contributed by atoms with E-state index >= 15 is 0 Å². The van der Waals surface area contributed by atoms with Crippen LogP contribution in [0.4, 0.5) is 11.4 Å². The number of rotatable bonds is 8. The molecule has 3 aromatic carbocycles. The van der Waals surface area contributed by atoms with Gasteiger partial charge < -0.3 is 14.4 Å². The molecule has 4 rings (SSSR count). The number of anilines is 1. The molecule has 0 N–H and O–H groups in total. The Bertz CT molecular complexity index is 1420. The van der Waals surface area contributed by atoms with E-state index in [9.17, 15) is 29.3 Å². The number of Topliss-reactive ketones (excluding diaryl/α,β-unsaturated/α-hetero) is 1. The lowest BCUT2D eigenvalue weighted by Gasteiger charge is -2.18. The minimum atomic E-state index is -0.772. The minimum Gasteiger partial charge on any atom is -0.457 e. The molecule has 0 aromatic heterocycles. The van der Waals surface area contributed by atoms with Gasteiger partial charge in [0.25, 0.3) is 5.69 Å². The molecule has 1 saturated heterocycles. The SMILES string of the molecule is O=C(COC(=O)[C@@H]1CC(=O)N(c2cccc(Cl)c2Cl)C1)c1ccc(OC(=O)c2ccc([N+](=O)[O-])cc2)cc1. The number of amides is 1. The molecule has 1 aliphatic heterocycles. The number of non-ortho nitro benzene ring substituents is 1. The van der Waals surface area contributed by atoms with Crippen LogP contribution in [0.25, 0.3) is 0 Å². The van der Waals surface area contributed by atoms with Crippen molar-refractivity contribution in [2.45, 2.75) is 6.42 Å². The minimum absolute atomic E-state index is 0.0424. The zero-order chi connectivity index (χ0) is 27.4. The first-order valence-electron chi connectivity index (χ1n) is 11.1. The third-order valence-electron chi connectivity index (χ3n) is 5.73. The summed E-state index contributed by atoms with van der Waals surface area (Å²) in [5.41, 5.74) is 0.560. The van der Waals surface area contributed by atoms with E-state index in [4.69, 9.17) is 32.7 Å². The van der Waals surface area contributed by atoms with Crippen LogP contribution >= 0.6 is 23.2 Å². The number of esters is 2. The molecule has 1 amide bonds. The first-order valence-corrected chi connectivity index (χ1v) is 11.9. The van der Waals surface area contributed by atoms with Crippen LogP contribution < -0.4 is 9.64 Å². The molecule has 0 radical (unpaired) electrons. The average Bonchev–Trinajstić information content (AvgIpc) is 3.30. The van der Waals surface area contributed by atoms with Crippen LogP contribution in [0.3, 0.4) is 0 Å². The fraction of sp³-hybridized carbons (Fsp3) is 0.154. The van der Waals surface area contributed by atoms with Gasteiger partial charge in [0.1, 0.15) is 5.75 Å². The number of nitro benzene ring substituents is 1. The van der Waals surface area contributed by atoms with Gasteiger partial charge in [0.05, 0.1) is 32.1 Å². The fourth-order valence-electron chi connectivity index (χ4n) is 3.73. The predicted octanol–water partition coefficient (Wildman–Crippen LogP) is 4.90. The second-order valence-corrected chi connectivity index (χ2v) is 9.01. The summed E-state index contributed by atoms with van der Waals surface area (Å²) in [6.45, 7) is -0.496. The van der Waals surface area contributed by atoms with Crippen molar-refractivity contribution >= 4 is 58.2 Å². The quantitative estimate of drug-likeness (QED) is 0.126. The molecule has 3 aromatic rings. The molecule has 12 heteroatoms. The number of benzene rings is 3. The topological polar surface area (TPSA) is 133 Å². The lowest BCUT2D eigenvalue weighted by atomic mass is 10.1. The highest BCUT2D eigenvalue weighted by molar-refractivity contribution is 6.44. The smallest absolute Gasteiger partial charge is 0.343 e. The first-order chi connectivity index (χ1) is 18.1. The second-order valence-electron chi connectivity index (χ2n) is 8.23. The summed E-state index contributed by atoms with van der Waals surface area (Å²) in [4.78, 5) is 61.2. The molecule has 38 heavy (non-hydrogen) atoms. The van der Waals surface area contributed by atoms with E-state index in [2.05, 4.69) is 0 Å². The van der Waals surface area contributed by atoms with E-state index in [0.29, 0.717) is 5.69 Å². The van der Waals surface area contributed by atoms with Gasteiger partial charge in [0.2, 0.25) is 5.91 Å². The highest BCUT2D eigenvalue weighted by Gasteiger charge is 2.37. The van der Waals surface area contributed by atoms with Crippen molar-refractivity contribution in [2.24, 2.45) is 5.92 Å². The van der Waals surface area contributed by atoms with Crippen molar-refractivity contribution in [3.63, 3.8) is 0 Å². The molecular formula is C26H18Cl2N2O8. The Morgan fingerprint density at radius 1 is 0.974 bits per heavy atom. The lowest BCUT2D eigenvalue weighted by Crippen LogP contribution is -2.27. The largest absolute Gasteiger partial charge is 0.457 e. The van der Waals surface area contributed by atoms with Gasteiger partial charge in [-0.1, -0.05) is 29.3 Å². The number of carbonyl (C=O) groups excluding carboxylic acids is 4. The van der Waals surface area contributed by atoms with Crippen LogP contribution in [0.2, 0.25) is 10.0 Å².